The number of pyridine rings is 1. The smallest absolute Gasteiger partial charge is 0.413 e. The van der Waals surface area contributed by atoms with E-state index in [1.165, 1.54) is 22.1 Å². The monoisotopic (exact) mass is 576 g/mol. The second kappa shape index (κ2) is 8.95. The van der Waals surface area contributed by atoms with Crippen molar-refractivity contribution >= 4 is 29.1 Å². The number of fused-ring (bicyclic) bond motifs is 11. The topological polar surface area (TPSA) is 34.0 Å². The molecule has 0 radical (unpaired) electrons. The third-order valence-electron chi connectivity index (χ3n) is 7.36. The fourth-order valence-electron chi connectivity index (χ4n) is 5.76. The van der Waals surface area contributed by atoms with E-state index >= 15 is 0 Å². The van der Waals surface area contributed by atoms with Gasteiger partial charge in [0.15, 0.2) is 0 Å². The third kappa shape index (κ3) is 3.35. The summed E-state index contributed by atoms with van der Waals surface area (Å²) in [6, 6.07) is 41.5. The van der Waals surface area contributed by atoms with E-state index in [1.807, 2.05) is 41.3 Å². The fraction of sp³-hybridized carbons (Fsp3) is 0. The van der Waals surface area contributed by atoms with Gasteiger partial charge in [-0.3, -0.25) is 4.68 Å². The maximum absolute atomic E-state index is 4.61. The molecule has 0 bridgehead atoms. The SMILES string of the molecule is [Pd+2].[c-]1c(-c2ccccn2)ccc2c1N1B(c3ccccc3-2)c2ccccc2-c2ccc(-n3cccn3)[c-]c21. The molecule has 0 fully saturated rings. The molecule has 2 aliphatic heterocycles. The van der Waals surface area contributed by atoms with Crippen LogP contribution in [0.3, 0.4) is 0 Å². The Hall–Kier alpha value is -4.23. The van der Waals surface area contributed by atoms with Gasteiger partial charge in [0.2, 0.25) is 0 Å². The van der Waals surface area contributed by atoms with Gasteiger partial charge < -0.3 is 9.79 Å². The number of rotatable bonds is 2. The van der Waals surface area contributed by atoms with E-state index in [4.69, 9.17) is 0 Å². The maximum atomic E-state index is 4.61. The van der Waals surface area contributed by atoms with Crippen LogP contribution >= 0.6 is 0 Å². The van der Waals surface area contributed by atoms with Crippen molar-refractivity contribution in [3.63, 3.8) is 0 Å². The van der Waals surface area contributed by atoms with E-state index in [9.17, 15) is 0 Å². The first-order valence-corrected chi connectivity index (χ1v) is 12.4. The minimum absolute atomic E-state index is 0. The zero-order chi connectivity index (χ0) is 24.3. The van der Waals surface area contributed by atoms with Gasteiger partial charge >= 0.3 is 27.3 Å². The molecule has 6 aromatic rings. The van der Waals surface area contributed by atoms with Gasteiger partial charge in [-0.25, -0.2) is 0 Å². The summed E-state index contributed by atoms with van der Waals surface area (Å²) >= 11 is 0. The molecule has 2 aromatic heterocycles. The number of hydrogen-bond acceptors (Lipinski definition) is 3. The van der Waals surface area contributed by atoms with E-state index in [1.54, 1.807) is 6.20 Å². The van der Waals surface area contributed by atoms with Gasteiger partial charge in [-0.15, -0.1) is 41.5 Å². The van der Waals surface area contributed by atoms with Crippen LogP contribution in [-0.4, -0.2) is 21.6 Å². The van der Waals surface area contributed by atoms with Crippen molar-refractivity contribution in [2.45, 2.75) is 0 Å². The second-order valence-electron chi connectivity index (χ2n) is 9.35. The van der Waals surface area contributed by atoms with Crippen LogP contribution in [0.15, 0.2) is 116 Å². The van der Waals surface area contributed by atoms with E-state index in [-0.39, 0.29) is 27.3 Å². The van der Waals surface area contributed by atoms with Gasteiger partial charge in [-0.05, 0) is 23.5 Å². The molecule has 0 saturated heterocycles. The summed E-state index contributed by atoms with van der Waals surface area (Å²) in [4.78, 5) is 7.02. The molecule has 38 heavy (non-hydrogen) atoms. The molecule has 0 saturated carbocycles. The van der Waals surface area contributed by atoms with E-state index in [2.05, 4.69) is 99.8 Å². The molecule has 0 N–H and O–H groups in total. The Morgan fingerprint density at radius 1 is 0.605 bits per heavy atom. The van der Waals surface area contributed by atoms with Crippen molar-refractivity contribution in [2.24, 2.45) is 0 Å². The molecule has 8 rings (SSSR count). The van der Waals surface area contributed by atoms with Crippen LogP contribution in [0.4, 0.5) is 11.4 Å². The molecule has 4 heterocycles. The quantitative estimate of drug-likeness (QED) is 0.204. The number of benzene rings is 4. The van der Waals surface area contributed by atoms with E-state index in [0.29, 0.717) is 0 Å². The summed E-state index contributed by atoms with van der Waals surface area (Å²) < 4.78 is 1.86. The number of aromatic nitrogens is 3. The molecular formula is C32H19BN4Pd. The summed E-state index contributed by atoms with van der Waals surface area (Å²) in [6.45, 7) is 0.00625. The molecule has 0 unspecified atom stereocenters. The van der Waals surface area contributed by atoms with Crippen LogP contribution in [0.25, 0.3) is 39.2 Å². The van der Waals surface area contributed by atoms with Crippen molar-refractivity contribution in [3.05, 3.63) is 128 Å². The van der Waals surface area contributed by atoms with Crippen molar-refractivity contribution in [1.29, 1.82) is 0 Å². The zero-order valence-electron chi connectivity index (χ0n) is 20.2. The molecule has 4 nitrogen and oxygen atoms in total. The molecule has 180 valence electrons. The Labute approximate surface area is 235 Å². The Kier molecular flexibility index (Phi) is 5.40. The zero-order valence-corrected chi connectivity index (χ0v) is 21.7. The van der Waals surface area contributed by atoms with Gasteiger partial charge in [0.25, 0.3) is 0 Å². The third-order valence-corrected chi connectivity index (χ3v) is 7.36. The van der Waals surface area contributed by atoms with E-state index in [0.717, 1.165) is 39.4 Å². The summed E-state index contributed by atoms with van der Waals surface area (Å²) in [6.07, 6.45) is 5.58. The molecule has 0 spiro atoms. The number of anilines is 2. The van der Waals surface area contributed by atoms with Crippen LogP contribution in [0.1, 0.15) is 0 Å². The Balaban J connectivity index is 0.00000242. The predicted octanol–water partition coefficient (Wildman–Crippen LogP) is 5.44. The Morgan fingerprint density at radius 2 is 1.29 bits per heavy atom. The van der Waals surface area contributed by atoms with Crippen molar-refractivity contribution in [3.8, 4) is 39.2 Å². The fourth-order valence-corrected chi connectivity index (χ4v) is 5.76. The number of nitrogens with zero attached hydrogens (tertiary/aromatic N) is 4. The summed E-state index contributed by atoms with van der Waals surface area (Å²) in [5.74, 6) is 0. The van der Waals surface area contributed by atoms with Crippen LogP contribution in [-0.2, 0) is 20.4 Å². The van der Waals surface area contributed by atoms with Crippen LogP contribution < -0.4 is 15.7 Å². The van der Waals surface area contributed by atoms with E-state index < -0.39 is 0 Å². The molecule has 0 aliphatic carbocycles. The van der Waals surface area contributed by atoms with Crippen LogP contribution in [0.5, 0.6) is 0 Å². The Morgan fingerprint density at radius 3 is 1.97 bits per heavy atom. The summed E-state index contributed by atoms with van der Waals surface area (Å²) in [7, 11) is 0. The van der Waals surface area contributed by atoms with Crippen molar-refractivity contribution in [2.75, 3.05) is 4.81 Å². The average molecular weight is 577 g/mol. The van der Waals surface area contributed by atoms with Crippen molar-refractivity contribution < 1.29 is 20.4 Å². The van der Waals surface area contributed by atoms with Crippen LogP contribution in [0, 0.1) is 12.1 Å². The molecule has 4 aromatic carbocycles. The molecular weight excluding hydrogens is 558 g/mol. The van der Waals surface area contributed by atoms with Crippen LogP contribution in [0.2, 0.25) is 0 Å². The molecule has 0 atom stereocenters. The largest absolute Gasteiger partial charge is 2.00 e. The summed E-state index contributed by atoms with van der Waals surface area (Å²) in [5, 5.41) is 4.47. The minimum Gasteiger partial charge on any atom is -0.413 e. The first-order chi connectivity index (χ1) is 18.4. The van der Waals surface area contributed by atoms with Gasteiger partial charge in [0.1, 0.15) is 0 Å². The predicted molar refractivity (Wildman–Crippen MR) is 149 cm³/mol. The Bertz CT molecular complexity index is 1800. The molecule has 0 amide bonds. The second-order valence-corrected chi connectivity index (χ2v) is 9.35. The number of hydrogen-bond donors (Lipinski definition) is 0. The van der Waals surface area contributed by atoms with Crippen molar-refractivity contribution in [1.82, 2.24) is 14.8 Å². The molecule has 6 heteroatoms. The minimum atomic E-state index is 0. The van der Waals surface area contributed by atoms with Gasteiger partial charge in [-0.1, -0.05) is 99.7 Å². The summed E-state index contributed by atoms with van der Waals surface area (Å²) in [5.41, 5.74) is 12.2. The van der Waals surface area contributed by atoms with Gasteiger partial charge in [0, 0.05) is 18.6 Å². The first-order valence-electron chi connectivity index (χ1n) is 12.4. The van der Waals surface area contributed by atoms with Gasteiger partial charge in [-0.2, -0.15) is 11.2 Å². The maximum Gasteiger partial charge on any atom is 2.00 e. The van der Waals surface area contributed by atoms with Gasteiger partial charge in [0.05, 0.1) is 0 Å². The standard InChI is InChI=1S/C32H19BN4.Pd/c1-3-10-28-24(8-1)26-15-13-22(30-12-5-6-17-34-30)20-31(26)37-32-21-23(36-19-7-18-35-36)14-16-27(32)25-9-2-4-11-29(25)33(28)37;/h1-19H;/q-2;+2. The average Bonchev–Trinajstić information content (AvgIpc) is 3.52. The normalized spacial score (nSPS) is 12.4. The first kappa shape index (κ1) is 22.9. The molecule has 2 aliphatic rings.